The molecule has 0 aromatic rings. The highest BCUT2D eigenvalue weighted by molar-refractivity contribution is 7.59. The average molecular weight is 1580 g/mol. The molecule has 0 amide bonds. The molecule has 4 fully saturated rings. The van der Waals surface area contributed by atoms with Crippen LogP contribution in [0.2, 0.25) is 0 Å². The number of carbonyl (C=O) groups is 1. The SMILES string of the molecule is C/C=C(/C)CC/C=C(/C)CC/C=C(/C)CC/C=C(/C)CC/C=C(/C)CC/C=C(/C)CC/C=C(/C)CC/C=C(/C)CC/C=C(\C)CC/C=C(\C)CC/C=C(\C)COP(=O)([O-])OP(=O)([O-])O[C@H]1O[C@H](CO)[C@@H](O)[C@H](O[C@@H]2O[C@@H](C)[C@@H](O[C@@H]3O[C@@H](C)[C@@H](O)[C@@H](O[C@@H]4O[C@H](CO)[C@H](O)[C@H](O)[C@H]4O)[C@@H]3O)[C@@H](O)[C@@H]2OC(C)=O)[C@H]1O. The van der Waals surface area contributed by atoms with Gasteiger partial charge in [0.1, 0.15) is 79.4 Å². The van der Waals surface area contributed by atoms with Crippen LogP contribution in [0.3, 0.4) is 0 Å². The van der Waals surface area contributed by atoms with Crippen LogP contribution in [0.4, 0.5) is 0 Å². The van der Waals surface area contributed by atoms with E-state index in [1.165, 1.54) is 64.0 Å². The summed E-state index contributed by atoms with van der Waals surface area (Å²) < 4.78 is 85.0. The molecule has 2 unspecified atom stereocenters. The molecule has 4 rings (SSSR count). The van der Waals surface area contributed by atoms with E-state index in [2.05, 4.69) is 134 Å². The highest BCUT2D eigenvalue weighted by atomic mass is 31.3. The number of allylic oxidation sites excluding steroid dienone is 21. The summed E-state index contributed by atoms with van der Waals surface area (Å²) in [6.07, 6.45) is 8.73. The summed E-state index contributed by atoms with van der Waals surface area (Å²) >= 11 is 0. The highest BCUT2D eigenvalue weighted by Crippen LogP contribution is 2.57. The molecule has 0 saturated carbocycles. The van der Waals surface area contributed by atoms with Gasteiger partial charge in [0.25, 0.3) is 15.6 Å². The number of ether oxygens (including phenoxy) is 8. The molecule has 28 heteroatoms. The van der Waals surface area contributed by atoms with Crippen molar-refractivity contribution in [1.29, 1.82) is 0 Å². The van der Waals surface area contributed by atoms with Gasteiger partial charge in [-0.15, -0.1) is 0 Å². The van der Waals surface area contributed by atoms with Gasteiger partial charge in [-0.1, -0.05) is 128 Å². The second-order valence-corrected chi connectivity index (χ2v) is 33.0. The first-order valence-corrected chi connectivity index (χ1v) is 41.6. The molecule has 4 aliphatic heterocycles. The summed E-state index contributed by atoms with van der Waals surface area (Å²) in [7, 11) is -11.8. The van der Waals surface area contributed by atoms with E-state index < -0.39 is 164 Å². The van der Waals surface area contributed by atoms with E-state index in [4.69, 9.17) is 46.9 Å². The first-order chi connectivity index (χ1) is 51.4. The number of aliphatic hydroxyl groups is 10. The van der Waals surface area contributed by atoms with Crippen molar-refractivity contribution in [2.75, 3.05) is 19.8 Å². The predicted octanol–water partition coefficient (Wildman–Crippen LogP) is 11.1. The summed E-state index contributed by atoms with van der Waals surface area (Å²) in [4.78, 5) is 38.5. The Kier molecular flexibility index (Phi) is 44.6. The van der Waals surface area contributed by atoms with Crippen LogP contribution in [-0.2, 0) is 65.2 Å². The lowest BCUT2D eigenvalue weighted by molar-refractivity contribution is -0.384. The molecule has 0 aromatic carbocycles. The lowest BCUT2D eigenvalue weighted by atomic mass is 9.96. The predicted molar refractivity (Wildman–Crippen MR) is 411 cm³/mol. The number of rotatable bonds is 46. The molecular weight excluding hydrogens is 1450 g/mol. The van der Waals surface area contributed by atoms with E-state index >= 15 is 0 Å². The van der Waals surface area contributed by atoms with Crippen LogP contribution in [0.25, 0.3) is 0 Å². The maximum atomic E-state index is 13.1. The lowest BCUT2D eigenvalue weighted by Gasteiger charge is -2.49. The fourth-order valence-electron chi connectivity index (χ4n) is 12.9. The smallest absolute Gasteiger partial charge is 0.303 e. The molecular formula is C81H132O26P2-2. The number of hydrogen-bond donors (Lipinski definition) is 10. The standard InChI is InChI=1S/C81H134O26P2/c1-16-50(2)27-17-28-51(3)29-18-30-52(4)31-19-32-53(5)33-20-34-54(6)35-21-36-55(7)37-22-38-56(8)39-23-40-57(9)41-24-42-58(10)43-25-44-59(11)45-26-46-60(12)49-97-108(93,94)107-109(95,96)106-80-73(92)76(68(87)65(48-83)102-80)105-81-77(100-63(15)84)71(90)74(62(14)99-81)103-79-72(91)75(66(85)61(13)98-79)104-78-70(89)69(88)67(86)64(47-82)101-78/h16,28,30,32,34,36,38,40,42,44,46,61-62,64-83,85-92H,17-27,29,31,33,35,37,39,41,43,45,47-49H2,1-15H3,(H,93,94)(H,95,96)/p-2/b50-16-,51-28-,52-30-,53-32-,54-34-,55-36-,56-38-,57-40-,58-42+,59-44+,60-46+/t61-,62-,64+,65+,66+,67-,68+,69-,70+,71+,72-,73+,74+,75+,76-,77-,78-,79-,80+,81-/m0/s1. The molecule has 10 N–H and O–H groups in total. The number of phosphoric acid groups is 2. The van der Waals surface area contributed by atoms with Crippen LogP contribution in [0.15, 0.2) is 128 Å². The normalized spacial score (nSPS) is 31.9. The van der Waals surface area contributed by atoms with Gasteiger partial charge in [0, 0.05) is 6.92 Å². The van der Waals surface area contributed by atoms with Gasteiger partial charge in [0.2, 0.25) is 0 Å². The quantitative estimate of drug-likeness (QED) is 0.0154. The third kappa shape index (κ3) is 35.5. The Labute approximate surface area is 647 Å². The Morgan fingerprint density at radius 3 is 1.06 bits per heavy atom. The van der Waals surface area contributed by atoms with E-state index in [1.54, 1.807) is 13.0 Å². The summed E-state index contributed by atoms with van der Waals surface area (Å²) in [5.74, 6) is -1.04. The second-order valence-electron chi connectivity index (χ2n) is 30.1. The number of aliphatic hydroxyl groups excluding tert-OH is 10. The van der Waals surface area contributed by atoms with E-state index in [0.29, 0.717) is 18.4 Å². The monoisotopic (exact) mass is 1580 g/mol. The zero-order valence-corrected chi connectivity index (χ0v) is 68.8. The molecule has 0 bridgehead atoms. The van der Waals surface area contributed by atoms with E-state index in [1.807, 2.05) is 6.92 Å². The third-order valence-corrected chi connectivity index (χ3v) is 22.6. The van der Waals surface area contributed by atoms with Gasteiger partial charge in [-0.3, -0.25) is 18.4 Å². The average Bonchev–Trinajstić information content (AvgIpc) is 0.775. The molecule has 109 heavy (non-hydrogen) atoms. The minimum absolute atomic E-state index is 0.427. The Balaban J connectivity index is 1.14. The van der Waals surface area contributed by atoms with E-state index in [0.717, 1.165) is 128 Å². The molecule has 4 aliphatic rings. The molecule has 22 atom stereocenters. The number of phosphoric ester groups is 2. The molecule has 0 aliphatic carbocycles. The van der Waals surface area contributed by atoms with Gasteiger partial charge in [-0.2, -0.15) is 0 Å². The van der Waals surface area contributed by atoms with Gasteiger partial charge >= 0.3 is 5.97 Å². The highest BCUT2D eigenvalue weighted by Gasteiger charge is 2.56. The van der Waals surface area contributed by atoms with Crippen molar-refractivity contribution in [1.82, 2.24) is 0 Å². The number of hydrogen-bond acceptors (Lipinski definition) is 26. The first-order valence-electron chi connectivity index (χ1n) is 38.7. The molecule has 26 nitrogen and oxygen atoms in total. The molecule has 0 spiro atoms. The van der Waals surface area contributed by atoms with Crippen molar-refractivity contribution in [3.05, 3.63) is 128 Å². The minimum atomic E-state index is -6.07. The zero-order chi connectivity index (χ0) is 81.3. The number of carbonyl (C=O) groups excluding carboxylic acids is 1. The number of esters is 1. The Bertz CT molecular complexity index is 3220. The largest absolute Gasteiger partial charge is 0.756 e. The van der Waals surface area contributed by atoms with Gasteiger partial charge < -0.3 is 103 Å². The molecule has 0 radical (unpaired) electrons. The topological polar surface area (TPSA) is 401 Å². The van der Waals surface area contributed by atoms with Crippen molar-refractivity contribution >= 4 is 21.6 Å². The fraction of sp³-hybridized carbons (Fsp3) is 0.716. The van der Waals surface area contributed by atoms with Crippen LogP contribution in [-0.4, -0.2) is 200 Å². The molecule has 4 saturated heterocycles. The fourth-order valence-corrected chi connectivity index (χ4v) is 15.0. The maximum Gasteiger partial charge on any atom is 0.303 e. The van der Waals surface area contributed by atoms with Crippen LogP contribution >= 0.6 is 15.6 Å². The first kappa shape index (κ1) is 97.6. The maximum absolute atomic E-state index is 13.1. The van der Waals surface area contributed by atoms with Crippen LogP contribution < -0.4 is 9.79 Å². The van der Waals surface area contributed by atoms with E-state index in [9.17, 15) is 74.8 Å². The molecule has 624 valence electrons. The Morgan fingerprint density at radius 1 is 0.358 bits per heavy atom. The summed E-state index contributed by atoms with van der Waals surface area (Å²) in [6, 6.07) is 0. The van der Waals surface area contributed by atoms with Crippen molar-refractivity contribution in [2.24, 2.45) is 0 Å². The Hall–Kier alpha value is -3.81. The summed E-state index contributed by atoms with van der Waals surface area (Å²) in [5.41, 5.74) is 14.5. The van der Waals surface area contributed by atoms with Gasteiger partial charge in [0.15, 0.2) is 31.3 Å². The van der Waals surface area contributed by atoms with Crippen LogP contribution in [0.5, 0.6) is 0 Å². The lowest BCUT2D eigenvalue weighted by Crippen LogP contribution is -2.67. The minimum Gasteiger partial charge on any atom is -0.756 e. The van der Waals surface area contributed by atoms with Gasteiger partial charge in [-0.25, -0.2) is 4.31 Å². The van der Waals surface area contributed by atoms with Crippen LogP contribution in [0, 0.1) is 0 Å². The van der Waals surface area contributed by atoms with Gasteiger partial charge in [-0.05, 0) is 225 Å². The van der Waals surface area contributed by atoms with Crippen molar-refractivity contribution in [3.63, 3.8) is 0 Å². The van der Waals surface area contributed by atoms with Gasteiger partial charge in [0.05, 0.1) is 32.0 Å². The van der Waals surface area contributed by atoms with Crippen molar-refractivity contribution in [2.45, 2.75) is 355 Å². The molecule has 4 heterocycles. The van der Waals surface area contributed by atoms with E-state index in [-0.39, 0.29) is 0 Å². The second kappa shape index (κ2) is 49.8. The zero-order valence-electron chi connectivity index (χ0n) is 67.1. The van der Waals surface area contributed by atoms with Crippen molar-refractivity contribution in [3.8, 4) is 0 Å². The summed E-state index contributed by atoms with van der Waals surface area (Å²) in [6.45, 7) is 26.9. The van der Waals surface area contributed by atoms with Crippen molar-refractivity contribution < 1.29 is 126 Å². The Morgan fingerprint density at radius 2 is 0.679 bits per heavy atom. The van der Waals surface area contributed by atoms with Crippen LogP contribution in [0.1, 0.15) is 232 Å². The summed E-state index contributed by atoms with van der Waals surface area (Å²) in [5, 5.41) is 107. The molecule has 0 aromatic heterocycles. The third-order valence-electron chi connectivity index (χ3n) is 20.1.